The van der Waals surface area contributed by atoms with E-state index in [9.17, 15) is 13.2 Å². The van der Waals surface area contributed by atoms with Crippen molar-refractivity contribution in [1.29, 1.82) is 0 Å². The van der Waals surface area contributed by atoms with E-state index in [-0.39, 0.29) is 10.8 Å². The summed E-state index contributed by atoms with van der Waals surface area (Å²) in [5, 5.41) is 0. The number of hydrogen-bond donors (Lipinski definition) is 1. The number of aryl methyl sites for hydroxylation is 1. The molecule has 0 saturated carbocycles. The number of hydrogen-bond acceptors (Lipinski definition) is 3. The molecule has 0 saturated heterocycles. The number of nitrogens with zero attached hydrogens (tertiary/aromatic N) is 1. The van der Waals surface area contributed by atoms with Crippen LogP contribution in [0.15, 0.2) is 83.8 Å². The van der Waals surface area contributed by atoms with Crippen molar-refractivity contribution in [2.75, 3.05) is 16.2 Å². The molecule has 1 aliphatic heterocycles. The lowest BCUT2D eigenvalue weighted by molar-refractivity contribution is 0.0985. The number of amides is 1. The molecule has 0 aliphatic carbocycles. The van der Waals surface area contributed by atoms with Crippen molar-refractivity contribution in [3.05, 3.63) is 90.0 Å². The third kappa shape index (κ3) is 3.64. The van der Waals surface area contributed by atoms with Crippen molar-refractivity contribution in [2.24, 2.45) is 0 Å². The van der Waals surface area contributed by atoms with Crippen LogP contribution in [0.2, 0.25) is 0 Å². The molecule has 0 fully saturated rings. The number of rotatable bonds is 4. The summed E-state index contributed by atoms with van der Waals surface area (Å²) >= 11 is 0. The Hall–Kier alpha value is -3.12. The number of carbonyl (C=O) groups excluding carboxylic acids is 1. The standard InChI is InChI=1S/C22H20N2O3S/c25-22(24-16-6-8-17-7-4-5-11-21(17)24)18-12-14-19(15-13-18)23-28(26,27)20-9-2-1-3-10-20/h1-5,7,9-15,23H,6,8,16H2. The van der Waals surface area contributed by atoms with Gasteiger partial charge in [0.15, 0.2) is 0 Å². The van der Waals surface area contributed by atoms with Crippen molar-refractivity contribution >= 4 is 27.3 Å². The van der Waals surface area contributed by atoms with Gasteiger partial charge in [-0.2, -0.15) is 0 Å². The second kappa shape index (κ2) is 7.48. The Balaban J connectivity index is 1.53. The molecule has 4 rings (SSSR count). The Labute approximate surface area is 164 Å². The van der Waals surface area contributed by atoms with E-state index in [1.807, 2.05) is 18.2 Å². The number of anilines is 2. The number of benzene rings is 3. The highest BCUT2D eigenvalue weighted by Gasteiger charge is 2.23. The predicted molar refractivity (Wildman–Crippen MR) is 110 cm³/mol. The first kappa shape index (κ1) is 18.3. The average molecular weight is 392 g/mol. The van der Waals surface area contributed by atoms with E-state index in [1.54, 1.807) is 47.4 Å². The normalized spacial score (nSPS) is 13.6. The lowest BCUT2D eigenvalue weighted by Crippen LogP contribution is -2.35. The molecule has 0 bridgehead atoms. The molecule has 0 spiro atoms. The fraction of sp³-hybridized carbons (Fsp3) is 0.136. The van der Waals surface area contributed by atoms with Crippen molar-refractivity contribution in [1.82, 2.24) is 0 Å². The topological polar surface area (TPSA) is 66.5 Å². The van der Waals surface area contributed by atoms with Gasteiger partial charge < -0.3 is 4.90 Å². The van der Waals surface area contributed by atoms with E-state index < -0.39 is 10.0 Å². The van der Waals surface area contributed by atoms with Crippen molar-refractivity contribution in [2.45, 2.75) is 17.7 Å². The second-order valence-electron chi connectivity index (χ2n) is 6.68. The van der Waals surface area contributed by atoms with Crippen LogP contribution in [0.1, 0.15) is 22.3 Å². The quantitative estimate of drug-likeness (QED) is 0.727. The van der Waals surface area contributed by atoms with Gasteiger partial charge in [-0.25, -0.2) is 8.42 Å². The van der Waals surface area contributed by atoms with Gasteiger partial charge in [-0.05, 0) is 60.9 Å². The van der Waals surface area contributed by atoms with Crippen molar-refractivity contribution in [3.63, 3.8) is 0 Å². The van der Waals surface area contributed by atoms with Gasteiger partial charge in [0.2, 0.25) is 0 Å². The van der Waals surface area contributed by atoms with Gasteiger partial charge in [-0.15, -0.1) is 0 Å². The first-order valence-corrected chi connectivity index (χ1v) is 10.6. The largest absolute Gasteiger partial charge is 0.308 e. The SMILES string of the molecule is O=C(c1ccc(NS(=O)(=O)c2ccccc2)cc1)N1CCCc2ccccc21. The minimum absolute atomic E-state index is 0.0791. The van der Waals surface area contributed by atoms with E-state index >= 15 is 0 Å². The van der Waals surface area contributed by atoms with Gasteiger partial charge in [0, 0.05) is 23.5 Å². The van der Waals surface area contributed by atoms with Crippen LogP contribution in [-0.4, -0.2) is 20.9 Å². The van der Waals surface area contributed by atoms with Crippen molar-refractivity contribution < 1.29 is 13.2 Å². The van der Waals surface area contributed by atoms with Crippen LogP contribution in [-0.2, 0) is 16.4 Å². The lowest BCUT2D eigenvalue weighted by Gasteiger charge is -2.29. The fourth-order valence-electron chi connectivity index (χ4n) is 3.39. The number of carbonyl (C=O) groups is 1. The van der Waals surface area contributed by atoms with Gasteiger partial charge in [-0.1, -0.05) is 36.4 Å². The van der Waals surface area contributed by atoms with E-state index in [1.165, 1.54) is 17.7 Å². The van der Waals surface area contributed by atoms with Gasteiger partial charge in [0.25, 0.3) is 15.9 Å². The fourth-order valence-corrected chi connectivity index (χ4v) is 4.47. The Morgan fingerprint density at radius 1 is 0.857 bits per heavy atom. The molecule has 28 heavy (non-hydrogen) atoms. The molecule has 3 aromatic rings. The minimum Gasteiger partial charge on any atom is -0.308 e. The third-order valence-corrected chi connectivity index (χ3v) is 6.19. The van der Waals surface area contributed by atoms with Gasteiger partial charge >= 0.3 is 0 Å². The van der Waals surface area contributed by atoms with Gasteiger partial charge in [-0.3, -0.25) is 9.52 Å². The first-order valence-electron chi connectivity index (χ1n) is 9.12. The summed E-state index contributed by atoms with van der Waals surface area (Å²) in [6.07, 6.45) is 1.90. The number of sulfonamides is 1. The number of nitrogens with one attached hydrogen (secondary N) is 1. The second-order valence-corrected chi connectivity index (χ2v) is 8.37. The summed E-state index contributed by atoms with van der Waals surface area (Å²) < 4.78 is 27.4. The van der Waals surface area contributed by atoms with Gasteiger partial charge in [0.1, 0.15) is 0 Å². The zero-order chi connectivity index (χ0) is 19.6. The van der Waals surface area contributed by atoms with Crippen LogP contribution in [0.4, 0.5) is 11.4 Å². The zero-order valence-corrected chi connectivity index (χ0v) is 16.0. The van der Waals surface area contributed by atoms with Crippen LogP contribution in [0.3, 0.4) is 0 Å². The summed E-state index contributed by atoms with van der Waals surface area (Å²) in [5.74, 6) is -0.0791. The highest BCUT2D eigenvalue weighted by molar-refractivity contribution is 7.92. The van der Waals surface area contributed by atoms with Crippen LogP contribution < -0.4 is 9.62 Å². The molecule has 1 N–H and O–H groups in total. The lowest BCUT2D eigenvalue weighted by atomic mass is 10.0. The molecular formula is C22H20N2O3S. The van der Waals surface area contributed by atoms with Crippen molar-refractivity contribution in [3.8, 4) is 0 Å². The highest BCUT2D eigenvalue weighted by Crippen LogP contribution is 2.28. The van der Waals surface area contributed by atoms with E-state index in [0.717, 1.165) is 18.5 Å². The Morgan fingerprint density at radius 2 is 1.54 bits per heavy atom. The molecule has 0 radical (unpaired) electrons. The molecular weight excluding hydrogens is 372 g/mol. The summed E-state index contributed by atoms with van der Waals surface area (Å²) in [6, 6.07) is 22.7. The molecule has 1 amide bonds. The predicted octanol–water partition coefficient (Wildman–Crippen LogP) is 4.08. The zero-order valence-electron chi connectivity index (χ0n) is 15.2. The molecule has 0 atom stereocenters. The van der Waals surface area contributed by atoms with Gasteiger partial charge in [0.05, 0.1) is 4.90 Å². The Bertz CT molecular complexity index is 1090. The molecule has 1 heterocycles. The van der Waals surface area contributed by atoms with Crippen LogP contribution in [0.25, 0.3) is 0 Å². The first-order chi connectivity index (χ1) is 13.5. The molecule has 142 valence electrons. The summed E-state index contributed by atoms with van der Waals surface area (Å²) in [4.78, 5) is 15.0. The highest BCUT2D eigenvalue weighted by atomic mass is 32.2. The smallest absolute Gasteiger partial charge is 0.261 e. The molecule has 5 nitrogen and oxygen atoms in total. The maximum absolute atomic E-state index is 13.0. The molecule has 1 aliphatic rings. The van der Waals surface area contributed by atoms with E-state index in [2.05, 4.69) is 10.8 Å². The number of para-hydroxylation sites is 1. The Morgan fingerprint density at radius 3 is 2.29 bits per heavy atom. The summed E-state index contributed by atoms with van der Waals surface area (Å²) in [6.45, 7) is 0.679. The van der Waals surface area contributed by atoms with Crippen LogP contribution in [0, 0.1) is 0 Å². The van der Waals surface area contributed by atoms with Crippen LogP contribution >= 0.6 is 0 Å². The van der Waals surface area contributed by atoms with E-state index in [0.29, 0.717) is 17.8 Å². The summed E-state index contributed by atoms with van der Waals surface area (Å²) in [7, 11) is -3.65. The molecule has 6 heteroatoms. The molecule has 0 unspecified atom stereocenters. The van der Waals surface area contributed by atoms with Crippen LogP contribution in [0.5, 0.6) is 0 Å². The molecule has 3 aromatic carbocycles. The summed E-state index contributed by atoms with van der Waals surface area (Å²) in [5.41, 5.74) is 3.07. The maximum Gasteiger partial charge on any atom is 0.261 e. The Kier molecular flexibility index (Phi) is 4.88. The minimum atomic E-state index is -3.65. The molecule has 0 aromatic heterocycles. The monoisotopic (exact) mass is 392 g/mol. The van der Waals surface area contributed by atoms with E-state index in [4.69, 9.17) is 0 Å². The third-order valence-electron chi connectivity index (χ3n) is 4.79. The maximum atomic E-state index is 13.0. The average Bonchev–Trinajstić information content (AvgIpc) is 2.74. The number of fused-ring (bicyclic) bond motifs is 1.